The van der Waals surface area contributed by atoms with E-state index in [9.17, 15) is 17.6 Å². The number of alkyl halides is 3. The van der Waals surface area contributed by atoms with Crippen molar-refractivity contribution in [1.82, 2.24) is 25.5 Å². The second-order valence-corrected chi connectivity index (χ2v) is 5.93. The van der Waals surface area contributed by atoms with Gasteiger partial charge in [0.2, 0.25) is 5.88 Å². The van der Waals surface area contributed by atoms with Crippen LogP contribution in [0.15, 0.2) is 35.2 Å². The van der Waals surface area contributed by atoms with E-state index in [2.05, 4.69) is 35.8 Å². The van der Waals surface area contributed by atoms with Gasteiger partial charge < -0.3 is 15.4 Å². The van der Waals surface area contributed by atoms with Gasteiger partial charge in [0.25, 0.3) is 0 Å². The van der Waals surface area contributed by atoms with Crippen LogP contribution in [0.3, 0.4) is 0 Å². The number of ether oxygens (including phenoxy) is 1. The number of hydrogen-bond acceptors (Lipinski definition) is 8. The maximum absolute atomic E-state index is 13.4. The number of amidine groups is 1. The van der Waals surface area contributed by atoms with Crippen LogP contribution >= 0.6 is 0 Å². The highest BCUT2D eigenvalue weighted by Crippen LogP contribution is 2.32. The number of rotatable bonds is 4. The minimum atomic E-state index is -4.72. The molecule has 1 aliphatic heterocycles. The fraction of sp³-hybridized carbons (Fsp3) is 0.333. The Kier molecular flexibility index (Phi) is 4.93. The average molecular weight is 400 g/mol. The van der Waals surface area contributed by atoms with Crippen molar-refractivity contribution in [2.75, 3.05) is 12.4 Å². The van der Waals surface area contributed by atoms with Crippen molar-refractivity contribution < 1.29 is 22.3 Å². The topological polar surface area (TPSA) is 126 Å². The zero-order chi connectivity index (χ0) is 20.5. The largest absolute Gasteiger partial charge is 0.480 e. The smallest absolute Gasteiger partial charge is 0.431 e. The third-order valence-electron chi connectivity index (χ3n) is 3.94. The Hall–Kier alpha value is -3.22. The lowest BCUT2D eigenvalue weighted by atomic mass is 10.0. The number of nitrogens with one attached hydrogen (secondary N) is 3. The van der Waals surface area contributed by atoms with Crippen molar-refractivity contribution in [3.8, 4) is 5.88 Å². The highest BCUT2D eigenvalue weighted by Gasteiger charge is 2.45. The van der Waals surface area contributed by atoms with Gasteiger partial charge in [0.05, 0.1) is 25.4 Å². The number of anilines is 1. The lowest BCUT2D eigenvalue weighted by molar-refractivity contribution is -0.100. The quantitative estimate of drug-likeness (QED) is 0.575. The molecule has 0 saturated carbocycles. The molecule has 0 aliphatic carbocycles. The number of nitrogens with zero attached hydrogens (tertiary/aromatic N) is 4. The van der Waals surface area contributed by atoms with Crippen LogP contribution in [-0.4, -0.2) is 45.1 Å². The first kappa shape index (κ1) is 19.5. The predicted octanol–water partition coefficient (Wildman–Crippen LogP) is 1.62. The first-order valence-corrected chi connectivity index (χ1v) is 7.90. The molecule has 28 heavy (non-hydrogen) atoms. The molecule has 13 heteroatoms. The van der Waals surface area contributed by atoms with Gasteiger partial charge in [-0.15, -0.1) is 5.10 Å². The third kappa shape index (κ3) is 4.03. The fourth-order valence-electron chi connectivity index (χ4n) is 2.42. The molecule has 0 radical (unpaired) electrons. The number of H-pyrrole nitrogens is 1. The molecule has 0 amide bonds. The number of aromatic amines is 1. The Morgan fingerprint density at radius 2 is 1.96 bits per heavy atom. The highest BCUT2D eigenvalue weighted by molar-refractivity contribution is 6.04. The van der Waals surface area contributed by atoms with Crippen molar-refractivity contribution in [2.24, 2.45) is 10.7 Å². The Morgan fingerprint density at radius 1 is 1.29 bits per heavy atom. The number of halogens is 4. The summed E-state index contributed by atoms with van der Waals surface area (Å²) >= 11 is 0. The first-order chi connectivity index (χ1) is 13.1. The van der Waals surface area contributed by atoms with Crippen molar-refractivity contribution in [1.29, 1.82) is 0 Å². The summed E-state index contributed by atoms with van der Waals surface area (Å²) in [6.45, 7) is 1.47. The van der Waals surface area contributed by atoms with Crippen LogP contribution in [0.4, 0.5) is 23.4 Å². The van der Waals surface area contributed by atoms with Gasteiger partial charge in [-0.05, 0) is 6.92 Å². The zero-order valence-corrected chi connectivity index (χ0v) is 14.7. The molecule has 2 aromatic heterocycles. The summed E-state index contributed by atoms with van der Waals surface area (Å²) in [6, 6.07) is 1.43. The molecular weight excluding hydrogens is 384 g/mol. The first-order valence-electron chi connectivity index (χ1n) is 7.90. The van der Waals surface area contributed by atoms with E-state index >= 15 is 0 Å². The van der Waals surface area contributed by atoms with E-state index in [0.29, 0.717) is 0 Å². The molecule has 5 N–H and O–H groups in total. The Morgan fingerprint density at radius 3 is 2.54 bits per heavy atom. The normalized spacial score (nSPS) is 20.7. The van der Waals surface area contributed by atoms with Crippen molar-refractivity contribution in [3.63, 3.8) is 0 Å². The number of allylic oxidation sites excluding steroid dienone is 1. The number of nitrogens with two attached hydrogens (primary N) is 1. The van der Waals surface area contributed by atoms with Crippen LogP contribution in [-0.2, 0) is 0 Å². The molecule has 0 fully saturated rings. The minimum absolute atomic E-state index is 0.0196. The second-order valence-electron chi connectivity index (χ2n) is 5.93. The SMILES string of the molecule is COc1cc(NC2=NC(N)([C@H](C)c3ncc(F)cn3)NC(C(F)(F)F)=C2)[nH]n1. The standard InChI is InChI=1S/C15H16F4N8O/c1-7(13-21-5-8(16)6-22-13)15(20)24-9(14(17,18)19)3-10(25-15)23-11-4-12(28-2)27-26-11/h3-7,24H,20H2,1-2H3,(H2,23,25,26,27)/t7-,15?/m1/s1. The summed E-state index contributed by atoms with van der Waals surface area (Å²) in [5, 5.41) is 11.2. The van der Waals surface area contributed by atoms with Gasteiger partial charge in [-0.1, -0.05) is 0 Å². The zero-order valence-electron chi connectivity index (χ0n) is 14.7. The molecule has 1 aliphatic rings. The lowest BCUT2D eigenvalue weighted by Crippen LogP contribution is -2.59. The minimum Gasteiger partial charge on any atom is -0.480 e. The summed E-state index contributed by atoms with van der Waals surface area (Å²) in [7, 11) is 1.39. The van der Waals surface area contributed by atoms with Crippen LogP contribution in [0, 0.1) is 5.82 Å². The summed E-state index contributed by atoms with van der Waals surface area (Å²) in [4.78, 5) is 11.7. The average Bonchev–Trinajstić information content (AvgIpc) is 3.08. The van der Waals surface area contributed by atoms with Crippen LogP contribution in [0.5, 0.6) is 5.88 Å². The predicted molar refractivity (Wildman–Crippen MR) is 90.8 cm³/mol. The van der Waals surface area contributed by atoms with Crippen LogP contribution in [0.1, 0.15) is 18.7 Å². The van der Waals surface area contributed by atoms with Gasteiger partial charge in [-0.25, -0.2) is 19.4 Å². The van der Waals surface area contributed by atoms with E-state index < -0.39 is 29.4 Å². The second kappa shape index (κ2) is 7.07. The number of methoxy groups -OCH3 is 1. The molecule has 0 spiro atoms. The molecule has 3 rings (SSSR count). The van der Waals surface area contributed by atoms with Crippen LogP contribution in [0.25, 0.3) is 0 Å². The summed E-state index contributed by atoms with van der Waals surface area (Å²) in [6.07, 6.45) is -2.17. The molecule has 9 nitrogen and oxygen atoms in total. The summed E-state index contributed by atoms with van der Waals surface area (Å²) in [5.74, 6) is -3.28. The molecule has 3 heterocycles. The van der Waals surface area contributed by atoms with E-state index in [4.69, 9.17) is 10.5 Å². The van der Waals surface area contributed by atoms with Crippen LogP contribution in [0.2, 0.25) is 0 Å². The Labute approximate surface area is 156 Å². The monoisotopic (exact) mass is 400 g/mol. The molecule has 1 unspecified atom stereocenters. The van der Waals surface area contributed by atoms with Crippen molar-refractivity contribution in [3.05, 3.63) is 41.9 Å². The van der Waals surface area contributed by atoms with Gasteiger partial charge in [0.15, 0.2) is 11.6 Å². The number of aromatic nitrogens is 4. The van der Waals surface area contributed by atoms with Gasteiger partial charge >= 0.3 is 6.18 Å². The highest BCUT2D eigenvalue weighted by atomic mass is 19.4. The summed E-state index contributed by atoms with van der Waals surface area (Å²) in [5.41, 5.74) is 5.01. The fourth-order valence-corrected chi connectivity index (χ4v) is 2.42. The number of aliphatic imine (C=N–C) groups is 1. The van der Waals surface area contributed by atoms with E-state index in [1.165, 1.54) is 20.1 Å². The van der Waals surface area contributed by atoms with E-state index in [1.807, 2.05) is 0 Å². The molecule has 0 bridgehead atoms. The Bertz CT molecular complexity index is 908. The van der Waals surface area contributed by atoms with Crippen molar-refractivity contribution in [2.45, 2.75) is 24.8 Å². The number of hydrogen-bond donors (Lipinski definition) is 4. The molecule has 2 atom stereocenters. The Balaban J connectivity index is 1.96. The lowest BCUT2D eigenvalue weighted by Gasteiger charge is -2.37. The van der Waals surface area contributed by atoms with Gasteiger partial charge in [-0.3, -0.25) is 10.8 Å². The summed E-state index contributed by atoms with van der Waals surface area (Å²) < 4.78 is 58.1. The molecule has 2 aromatic rings. The van der Waals surface area contributed by atoms with E-state index in [0.717, 1.165) is 18.5 Å². The molecule has 0 aromatic carbocycles. The van der Waals surface area contributed by atoms with Gasteiger partial charge in [-0.2, -0.15) is 13.2 Å². The van der Waals surface area contributed by atoms with Crippen molar-refractivity contribution >= 4 is 11.7 Å². The maximum atomic E-state index is 13.4. The molecular formula is C15H16F4N8O. The van der Waals surface area contributed by atoms with Crippen LogP contribution < -0.4 is 21.1 Å². The van der Waals surface area contributed by atoms with Gasteiger partial charge in [0, 0.05) is 12.1 Å². The molecule has 0 saturated heterocycles. The van der Waals surface area contributed by atoms with Gasteiger partial charge in [0.1, 0.15) is 23.2 Å². The molecule has 150 valence electrons. The maximum Gasteiger partial charge on any atom is 0.431 e. The third-order valence-corrected chi connectivity index (χ3v) is 3.94. The van der Waals surface area contributed by atoms with E-state index in [-0.39, 0.29) is 23.4 Å². The van der Waals surface area contributed by atoms with E-state index in [1.54, 1.807) is 0 Å².